The highest BCUT2D eigenvalue weighted by Crippen LogP contribution is 2.41. The van der Waals surface area contributed by atoms with Crippen molar-refractivity contribution in [3.05, 3.63) is 107 Å². The molecule has 0 saturated carbocycles. The second-order valence-corrected chi connectivity index (χ2v) is 9.58. The van der Waals surface area contributed by atoms with Crippen LogP contribution in [-0.2, 0) is 11.4 Å². The molecule has 186 valence electrons. The van der Waals surface area contributed by atoms with Crippen molar-refractivity contribution in [3.63, 3.8) is 0 Å². The lowest BCUT2D eigenvalue weighted by molar-refractivity contribution is -0.130. The molecule has 0 bridgehead atoms. The van der Waals surface area contributed by atoms with Crippen LogP contribution in [-0.4, -0.2) is 66.1 Å². The summed E-state index contributed by atoms with van der Waals surface area (Å²) in [6.45, 7) is 0.728. The minimum absolute atomic E-state index is 0.0529. The normalized spacial score (nSPS) is 18.5. The third kappa shape index (κ3) is 5.61. The van der Waals surface area contributed by atoms with Crippen LogP contribution in [0.2, 0.25) is 0 Å². The predicted octanol–water partition coefficient (Wildman–Crippen LogP) is 3.66. The van der Waals surface area contributed by atoms with Crippen molar-refractivity contribution in [1.29, 1.82) is 0 Å². The molecule has 36 heavy (non-hydrogen) atoms. The van der Waals surface area contributed by atoms with E-state index in [0.717, 1.165) is 11.1 Å². The van der Waals surface area contributed by atoms with Crippen LogP contribution in [0, 0.1) is 11.8 Å². The summed E-state index contributed by atoms with van der Waals surface area (Å²) in [7, 11) is 3.41. The number of aliphatic hydroxyl groups excluding tert-OH is 1. The van der Waals surface area contributed by atoms with Gasteiger partial charge in [0.2, 0.25) is 5.91 Å². The zero-order valence-electron chi connectivity index (χ0n) is 20.7. The van der Waals surface area contributed by atoms with Crippen LogP contribution in [0.5, 0.6) is 0 Å². The number of rotatable bonds is 8. The van der Waals surface area contributed by atoms with Gasteiger partial charge in [0.05, 0.1) is 13.2 Å². The predicted molar refractivity (Wildman–Crippen MR) is 139 cm³/mol. The lowest BCUT2D eigenvalue weighted by Crippen LogP contribution is -2.52. The standard InChI is InChI=1S/C30H32N2O4/c1-31(2)27(34)19-32-17-25(29(35)22-11-5-3-6-12-22)28(24-15-9-10-21(16-24)20-33)26(18-32)30(36)23-13-7-4-8-14-23/h3-16,25-26,28,33H,17-20H2,1-2H3/t25-,26-/m0/s1. The first-order valence-corrected chi connectivity index (χ1v) is 12.2. The van der Waals surface area contributed by atoms with Crippen molar-refractivity contribution in [1.82, 2.24) is 9.80 Å². The number of ketones is 2. The van der Waals surface area contributed by atoms with Crippen molar-refractivity contribution < 1.29 is 19.5 Å². The summed E-state index contributed by atoms with van der Waals surface area (Å²) in [5, 5.41) is 9.78. The first-order valence-electron chi connectivity index (χ1n) is 12.2. The molecule has 1 aliphatic heterocycles. The molecule has 1 aliphatic rings. The molecule has 3 aromatic carbocycles. The number of likely N-dealkylation sites (N-methyl/N-ethyl adjacent to an activating group) is 1. The number of benzene rings is 3. The molecule has 1 saturated heterocycles. The van der Waals surface area contributed by atoms with Gasteiger partial charge in [-0.05, 0) is 11.1 Å². The summed E-state index contributed by atoms with van der Waals surface area (Å²) in [6, 6.07) is 25.7. The van der Waals surface area contributed by atoms with Gasteiger partial charge in [0.25, 0.3) is 0 Å². The van der Waals surface area contributed by atoms with E-state index in [4.69, 9.17) is 0 Å². The SMILES string of the molecule is CN(C)C(=O)CN1C[C@H](C(=O)c2ccccc2)C(c2cccc(CO)c2)[C@@H](C(=O)c2ccccc2)C1. The smallest absolute Gasteiger partial charge is 0.236 e. The van der Waals surface area contributed by atoms with E-state index in [0.29, 0.717) is 24.2 Å². The minimum Gasteiger partial charge on any atom is -0.392 e. The second-order valence-electron chi connectivity index (χ2n) is 9.58. The Morgan fingerprint density at radius 1 is 0.806 bits per heavy atom. The van der Waals surface area contributed by atoms with Crippen molar-refractivity contribution in [2.45, 2.75) is 12.5 Å². The molecule has 1 heterocycles. The molecule has 3 aromatic rings. The van der Waals surface area contributed by atoms with Crippen molar-refractivity contribution >= 4 is 17.5 Å². The number of amides is 1. The highest BCUT2D eigenvalue weighted by molar-refractivity contribution is 6.02. The fraction of sp³-hybridized carbons (Fsp3) is 0.300. The van der Waals surface area contributed by atoms with Gasteiger partial charge in [-0.15, -0.1) is 0 Å². The Hall–Kier alpha value is -3.61. The lowest BCUT2D eigenvalue weighted by atomic mass is 9.68. The Labute approximate surface area is 212 Å². The third-order valence-corrected chi connectivity index (χ3v) is 6.94. The molecule has 1 N–H and O–H groups in total. The number of nitrogens with zero attached hydrogens (tertiary/aromatic N) is 2. The number of hydrogen-bond acceptors (Lipinski definition) is 5. The van der Waals surface area contributed by atoms with Crippen molar-refractivity contribution in [2.24, 2.45) is 11.8 Å². The van der Waals surface area contributed by atoms with E-state index in [1.54, 1.807) is 38.4 Å². The molecule has 2 atom stereocenters. The summed E-state index contributed by atoms with van der Waals surface area (Å²) in [5.74, 6) is -1.66. The van der Waals surface area contributed by atoms with E-state index >= 15 is 0 Å². The van der Waals surface area contributed by atoms with Gasteiger partial charge in [0.1, 0.15) is 0 Å². The Balaban J connectivity index is 1.82. The van der Waals surface area contributed by atoms with Crippen molar-refractivity contribution in [3.8, 4) is 0 Å². The summed E-state index contributed by atoms with van der Waals surface area (Å²) >= 11 is 0. The fourth-order valence-corrected chi connectivity index (χ4v) is 5.09. The van der Waals surface area contributed by atoms with Gasteiger partial charge in [-0.2, -0.15) is 0 Å². The van der Waals surface area contributed by atoms with E-state index in [2.05, 4.69) is 0 Å². The van der Waals surface area contributed by atoms with Crippen molar-refractivity contribution in [2.75, 3.05) is 33.7 Å². The topological polar surface area (TPSA) is 77.9 Å². The van der Waals surface area contributed by atoms with Crippen LogP contribution in [0.4, 0.5) is 0 Å². The molecule has 0 aromatic heterocycles. The quantitative estimate of drug-likeness (QED) is 0.494. The molecule has 0 unspecified atom stereocenters. The van der Waals surface area contributed by atoms with E-state index in [1.165, 1.54) is 4.90 Å². The van der Waals surface area contributed by atoms with E-state index in [-0.39, 0.29) is 30.6 Å². The van der Waals surface area contributed by atoms with E-state index < -0.39 is 17.8 Å². The van der Waals surface area contributed by atoms with Gasteiger partial charge in [-0.3, -0.25) is 19.3 Å². The van der Waals surface area contributed by atoms with Gasteiger partial charge in [0, 0.05) is 56.1 Å². The Bertz CT molecular complexity index is 1150. The average molecular weight is 485 g/mol. The maximum absolute atomic E-state index is 13.9. The number of carbonyl (C=O) groups excluding carboxylic acids is 3. The summed E-state index contributed by atoms with van der Waals surface area (Å²) in [5.41, 5.74) is 2.74. The Kier molecular flexibility index (Phi) is 8.08. The van der Waals surface area contributed by atoms with Crippen LogP contribution < -0.4 is 0 Å². The molecule has 4 rings (SSSR count). The maximum Gasteiger partial charge on any atom is 0.236 e. The summed E-state index contributed by atoms with van der Waals surface area (Å²) in [6.07, 6.45) is 0. The number of Topliss-reactive ketones (excluding diaryl/α,β-unsaturated/α-hetero) is 2. The average Bonchev–Trinajstić information content (AvgIpc) is 2.92. The molecule has 0 radical (unpaired) electrons. The largest absolute Gasteiger partial charge is 0.392 e. The van der Waals surface area contributed by atoms with Crippen LogP contribution in [0.25, 0.3) is 0 Å². The number of hydrogen-bond donors (Lipinski definition) is 1. The van der Waals surface area contributed by atoms with E-state index in [1.807, 2.05) is 65.6 Å². The van der Waals surface area contributed by atoms with Crippen LogP contribution in [0.1, 0.15) is 37.8 Å². The lowest BCUT2D eigenvalue weighted by Gasteiger charge is -2.43. The molecule has 1 fully saturated rings. The second kappa shape index (κ2) is 11.4. The molecular weight excluding hydrogens is 452 g/mol. The molecule has 6 heteroatoms. The number of piperidine rings is 1. The maximum atomic E-state index is 13.9. The summed E-state index contributed by atoms with van der Waals surface area (Å²) < 4.78 is 0. The van der Waals surface area contributed by atoms with Crippen LogP contribution in [0.3, 0.4) is 0 Å². The van der Waals surface area contributed by atoms with E-state index in [9.17, 15) is 19.5 Å². The van der Waals surface area contributed by atoms with Crippen LogP contribution in [0.15, 0.2) is 84.9 Å². The van der Waals surface area contributed by atoms with Gasteiger partial charge in [-0.25, -0.2) is 0 Å². The molecule has 0 spiro atoms. The minimum atomic E-state index is -0.539. The van der Waals surface area contributed by atoms with Gasteiger partial charge >= 0.3 is 0 Å². The fourth-order valence-electron chi connectivity index (χ4n) is 5.09. The number of carbonyl (C=O) groups is 3. The zero-order valence-corrected chi connectivity index (χ0v) is 20.7. The first kappa shape index (κ1) is 25.5. The highest BCUT2D eigenvalue weighted by atomic mass is 16.3. The third-order valence-electron chi connectivity index (χ3n) is 6.94. The summed E-state index contributed by atoms with van der Waals surface area (Å²) in [4.78, 5) is 43.9. The monoisotopic (exact) mass is 484 g/mol. The Morgan fingerprint density at radius 2 is 1.33 bits per heavy atom. The highest BCUT2D eigenvalue weighted by Gasteiger charge is 2.45. The number of aliphatic hydroxyl groups is 1. The van der Waals surface area contributed by atoms with Gasteiger partial charge in [0.15, 0.2) is 11.6 Å². The zero-order chi connectivity index (χ0) is 25.7. The van der Waals surface area contributed by atoms with Crippen LogP contribution >= 0.6 is 0 Å². The number of likely N-dealkylation sites (tertiary alicyclic amines) is 1. The van der Waals surface area contributed by atoms with Gasteiger partial charge < -0.3 is 10.0 Å². The molecular formula is C30H32N2O4. The molecule has 6 nitrogen and oxygen atoms in total. The molecule has 1 amide bonds. The van der Waals surface area contributed by atoms with Gasteiger partial charge in [-0.1, -0.05) is 84.9 Å². The molecule has 0 aliphatic carbocycles. The first-order chi connectivity index (χ1) is 17.4. The Morgan fingerprint density at radius 3 is 1.81 bits per heavy atom.